The largest absolute Gasteiger partial charge is 0.335 e. The molecule has 2 N–H and O–H groups in total. The van der Waals surface area contributed by atoms with Crippen molar-refractivity contribution in [2.45, 2.75) is 39.8 Å². The summed E-state index contributed by atoms with van der Waals surface area (Å²) in [5.41, 5.74) is 3.34. The van der Waals surface area contributed by atoms with Crippen LogP contribution in [0, 0.1) is 0 Å². The quantitative estimate of drug-likeness (QED) is 0.487. The van der Waals surface area contributed by atoms with Crippen LogP contribution in [0.15, 0.2) is 48.5 Å². The predicted octanol–water partition coefficient (Wildman–Crippen LogP) is 6.22. The molecule has 0 radical (unpaired) electrons. The van der Waals surface area contributed by atoms with Crippen LogP contribution in [-0.4, -0.2) is 19.2 Å². The zero-order chi connectivity index (χ0) is 20.6. The number of carbonyl (C=O) groups is 1. The van der Waals surface area contributed by atoms with Crippen molar-refractivity contribution >= 4 is 25.0 Å². The van der Waals surface area contributed by atoms with E-state index >= 15 is 0 Å². The van der Waals surface area contributed by atoms with Gasteiger partial charge in [0.1, 0.15) is 0 Å². The SMILES string of the molecule is CCOP(=O)(Cc1ccc(NC(=O)Nc2ccccc2C(C)C)cc1)OCC. The van der Waals surface area contributed by atoms with Crippen LogP contribution in [0.2, 0.25) is 0 Å². The van der Waals surface area contributed by atoms with Gasteiger partial charge >= 0.3 is 13.6 Å². The lowest BCUT2D eigenvalue weighted by molar-refractivity contribution is 0.219. The summed E-state index contributed by atoms with van der Waals surface area (Å²) in [5.74, 6) is 0.308. The van der Waals surface area contributed by atoms with E-state index in [4.69, 9.17) is 9.05 Å². The Bertz CT molecular complexity index is 811. The first-order chi connectivity index (χ1) is 13.4. The molecule has 0 heterocycles. The summed E-state index contributed by atoms with van der Waals surface area (Å²) < 4.78 is 23.2. The summed E-state index contributed by atoms with van der Waals surface area (Å²) in [7, 11) is -3.14. The molecule has 0 atom stereocenters. The molecule has 2 aromatic rings. The van der Waals surface area contributed by atoms with Gasteiger partial charge in [-0.3, -0.25) is 4.57 Å². The van der Waals surface area contributed by atoms with Gasteiger partial charge in [-0.25, -0.2) is 4.79 Å². The smallest absolute Gasteiger partial charge is 0.309 e. The van der Waals surface area contributed by atoms with Crippen molar-refractivity contribution < 1.29 is 18.4 Å². The molecule has 0 aliphatic carbocycles. The van der Waals surface area contributed by atoms with Gasteiger partial charge in [-0.05, 0) is 49.1 Å². The van der Waals surface area contributed by atoms with Gasteiger partial charge in [0, 0.05) is 11.4 Å². The number of amides is 2. The molecule has 2 rings (SSSR count). The molecule has 28 heavy (non-hydrogen) atoms. The van der Waals surface area contributed by atoms with Gasteiger partial charge in [0.2, 0.25) is 0 Å². The number of hydrogen-bond donors (Lipinski definition) is 2. The van der Waals surface area contributed by atoms with E-state index in [1.165, 1.54) is 0 Å². The lowest BCUT2D eigenvalue weighted by Gasteiger charge is -2.17. The highest BCUT2D eigenvalue weighted by atomic mass is 31.2. The predicted molar refractivity (Wildman–Crippen MR) is 114 cm³/mol. The van der Waals surface area contributed by atoms with Crippen molar-refractivity contribution in [1.29, 1.82) is 0 Å². The van der Waals surface area contributed by atoms with Crippen molar-refractivity contribution in [3.8, 4) is 0 Å². The average Bonchev–Trinajstić information content (AvgIpc) is 2.64. The molecule has 0 bridgehead atoms. The zero-order valence-electron chi connectivity index (χ0n) is 16.9. The number of urea groups is 1. The van der Waals surface area contributed by atoms with Crippen LogP contribution in [0.25, 0.3) is 0 Å². The summed E-state index contributed by atoms with van der Waals surface area (Å²) in [6.45, 7) is 8.40. The maximum absolute atomic E-state index is 12.6. The minimum atomic E-state index is -3.14. The van der Waals surface area contributed by atoms with Crippen LogP contribution in [0.3, 0.4) is 0 Å². The molecule has 7 heteroatoms. The molecule has 0 aliphatic rings. The van der Waals surface area contributed by atoms with Gasteiger partial charge in [-0.1, -0.05) is 44.2 Å². The monoisotopic (exact) mass is 404 g/mol. The van der Waals surface area contributed by atoms with Crippen LogP contribution in [-0.2, 0) is 19.8 Å². The standard InChI is InChI=1S/C21H29N2O4P/c1-5-26-28(25,27-6-2)15-17-11-13-18(14-12-17)22-21(24)23-20-10-8-7-9-19(20)16(3)4/h7-14,16H,5-6,15H2,1-4H3,(H2,22,23,24). The lowest BCUT2D eigenvalue weighted by Crippen LogP contribution is -2.20. The van der Waals surface area contributed by atoms with Crippen LogP contribution in [0.1, 0.15) is 44.7 Å². The summed E-state index contributed by atoms with van der Waals surface area (Å²) in [5, 5.41) is 5.71. The van der Waals surface area contributed by atoms with Gasteiger partial charge in [0.25, 0.3) is 0 Å². The summed E-state index contributed by atoms with van der Waals surface area (Å²) in [4.78, 5) is 12.3. The Labute approximate surface area is 167 Å². The summed E-state index contributed by atoms with van der Waals surface area (Å²) in [6.07, 6.45) is 0.197. The van der Waals surface area contributed by atoms with Crippen LogP contribution in [0.4, 0.5) is 16.2 Å². The van der Waals surface area contributed by atoms with Gasteiger partial charge in [0.05, 0.1) is 19.4 Å². The van der Waals surface area contributed by atoms with Gasteiger partial charge in [-0.15, -0.1) is 0 Å². The van der Waals surface area contributed by atoms with Crippen molar-refractivity contribution in [2.24, 2.45) is 0 Å². The van der Waals surface area contributed by atoms with E-state index in [2.05, 4.69) is 24.5 Å². The lowest BCUT2D eigenvalue weighted by atomic mass is 10.0. The minimum Gasteiger partial charge on any atom is -0.309 e. The fourth-order valence-corrected chi connectivity index (χ4v) is 4.54. The molecule has 0 saturated carbocycles. The van der Waals surface area contributed by atoms with Crippen LogP contribution >= 0.6 is 7.60 Å². The van der Waals surface area contributed by atoms with E-state index in [-0.39, 0.29) is 12.2 Å². The number of rotatable bonds is 9. The van der Waals surface area contributed by atoms with Crippen molar-refractivity contribution in [2.75, 3.05) is 23.8 Å². The molecule has 2 amide bonds. The second kappa shape index (κ2) is 10.4. The van der Waals surface area contributed by atoms with Gasteiger partial charge in [-0.2, -0.15) is 0 Å². The first kappa shape index (κ1) is 22.2. The van der Waals surface area contributed by atoms with Crippen molar-refractivity contribution in [3.63, 3.8) is 0 Å². The van der Waals surface area contributed by atoms with E-state index < -0.39 is 7.60 Å². The van der Waals surface area contributed by atoms with Crippen molar-refractivity contribution in [1.82, 2.24) is 0 Å². The summed E-state index contributed by atoms with van der Waals surface area (Å²) in [6, 6.07) is 14.6. The third-order valence-corrected chi connectivity index (χ3v) is 6.13. The number of para-hydroxylation sites is 1. The van der Waals surface area contributed by atoms with E-state index in [1.807, 2.05) is 36.4 Å². The van der Waals surface area contributed by atoms with Crippen molar-refractivity contribution in [3.05, 3.63) is 59.7 Å². The van der Waals surface area contributed by atoms with E-state index in [1.54, 1.807) is 26.0 Å². The van der Waals surface area contributed by atoms with E-state index in [0.717, 1.165) is 16.8 Å². The van der Waals surface area contributed by atoms with Crippen LogP contribution < -0.4 is 10.6 Å². The van der Waals surface area contributed by atoms with Gasteiger partial charge < -0.3 is 19.7 Å². The van der Waals surface area contributed by atoms with Crippen LogP contribution in [0.5, 0.6) is 0 Å². The Kier molecular flexibility index (Phi) is 8.24. The van der Waals surface area contributed by atoms with E-state index in [9.17, 15) is 9.36 Å². The molecule has 0 saturated heterocycles. The molecule has 0 spiro atoms. The van der Waals surface area contributed by atoms with Gasteiger partial charge in [0.15, 0.2) is 0 Å². The molecule has 6 nitrogen and oxygen atoms in total. The summed E-state index contributed by atoms with van der Waals surface area (Å²) >= 11 is 0. The van der Waals surface area contributed by atoms with E-state index in [0.29, 0.717) is 24.8 Å². The number of nitrogens with one attached hydrogen (secondary N) is 2. The molecule has 152 valence electrons. The molecule has 0 aromatic heterocycles. The normalized spacial score (nSPS) is 11.5. The highest BCUT2D eigenvalue weighted by Crippen LogP contribution is 2.51. The Morgan fingerprint density at radius 2 is 1.57 bits per heavy atom. The molecular formula is C21H29N2O4P. The maximum Gasteiger partial charge on any atom is 0.335 e. The number of benzene rings is 2. The molecule has 0 aliphatic heterocycles. The number of hydrogen-bond acceptors (Lipinski definition) is 4. The third-order valence-electron chi connectivity index (χ3n) is 4.07. The first-order valence-corrected chi connectivity index (χ1v) is 11.2. The average molecular weight is 404 g/mol. The number of anilines is 2. The molecule has 2 aromatic carbocycles. The maximum atomic E-state index is 12.6. The Morgan fingerprint density at radius 3 is 2.14 bits per heavy atom. The highest BCUT2D eigenvalue weighted by Gasteiger charge is 2.23. The fraction of sp³-hybridized carbons (Fsp3) is 0.381. The Balaban J connectivity index is 2.00. The zero-order valence-corrected chi connectivity index (χ0v) is 17.8. The fourth-order valence-electron chi connectivity index (χ4n) is 2.84. The third kappa shape index (κ3) is 6.48. The molecule has 0 fully saturated rings. The minimum absolute atomic E-state index is 0.197. The second-order valence-corrected chi connectivity index (χ2v) is 8.68. The second-order valence-electron chi connectivity index (χ2n) is 6.62. The first-order valence-electron chi connectivity index (χ1n) is 9.51. The number of carbonyl (C=O) groups excluding carboxylic acids is 1. The Hall–Kier alpha value is -2.14. The topological polar surface area (TPSA) is 76.7 Å². The molecular weight excluding hydrogens is 375 g/mol. The highest BCUT2D eigenvalue weighted by molar-refractivity contribution is 7.53. The molecule has 0 unspecified atom stereocenters. The Morgan fingerprint density at radius 1 is 0.964 bits per heavy atom.